The van der Waals surface area contributed by atoms with Crippen molar-refractivity contribution in [1.29, 1.82) is 0 Å². The minimum atomic E-state index is -1.22. The molecule has 1 saturated heterocycles. The number of carbonyl (C=O) groups excluding carboxylic acids is 2. The largest absolute Gasteiger partial charge is 0.419 e. The molecule has 136 valence electrons. The van der Waals surface area contributed by atoms with Crippen LogP contribution in [0.15, 0.2) is 36.0 Å². The molecule has 5 nitrogen and oxygen atoms in total. The van der Waals surface area contributed by atoms with Crippen LogP contribution in [0.25, 0.3) is 0 Å². The van der Waals surface area contributed by atoms with E-state index in [1.807, 2.05) is 12.1 Å². The number of hydrogen-bond acceptors (Lipinski definition) is 5. The molecule has 0 unspecified atom stereocenters. The molecule has 0 radical (unpaired) electrons. The van der Waals surface area contributed by atoms with Crippen molar-refractivity contribution in [1.82, 2.24) is 0 Å². The molecular formula is C20H27NO4. The van der Waals surface area contributed by atoms with E-state index >= 15 is 0 Å². The summed E-state index contributed by atoms with van der Waals surface area (Å²) in [6, 6.07) is 7.98. The van der Waals surface area contributed by atoms with Crippen molar-refractivity contribution in [3.05, 3.63) is 41.6 Å². The molecule has 1 aliphatic rings. The first kappa shape index (κ1) is 19.0. The molecule has 0 aromatic heterocycles. The summed E-state index contributed by atoms with van der Waals surface area (Å²) >= 11 is 0. The number of hydrogen-bond donors (Lipinski definition) is 1. The zero-order valence-corrected chi connectivity index (χ0v) is 15.3. The van der Waals surface area contributed by atoms with E-state index in [4.69, 9.17) is 9.47 Å². The van der Waals surface area contributed by atoms with Crippen molar-refractivity contribution in [2.24, 2.45) is 0 Å². The molecule has 0 spiro atoms. The van der Waals surface area contributed by atoms with E-state index in [1.165, 1.54) is 57.7 Å². The normalized spacial score (nSPS) is 16.2. The number of aryl methyl sites for hydroxylation is 1. The van der Waals surface area contributed by atoms with Crippen LogP contribution >= 0.6 is 0 Å². The predicted molar refractivity (Wildman–Crippen MR) is 96.9 cm³/mol. The average Bonchev–Trinajstić information content (AvgIpc) is 2.54. The number of rotatable bonds is 8. The Kier molecular flexibility index (Phi) is 6.62. The number of nitrogens with one attached hydrogen (secondary N) is 1. The topological polar surface area (TPSA) is 64.6 Å². The van der Waals surface area contributed by atoms with Gasteiger partial charge in [0.05, 0.1) is 0 Å². The Hall–Kier alpha value is -2.30. The maximum atomic E-state index is 11.9. The van der Waals surface area contributed by atoms with Crippen LogP contribution in [-0.4, -0.2) is 17.7 Å². The highest BCUT2D eigenvalue weighted by molar-refractivity contribution is 6.15. The van der Waals surface area contributed by atoms with Gasteiger partial charge in [-0.2, -0.15) is 0 Å². The van der Waals surface area contributed by atoms with Gasteiger partial charge in [-0.1, -0.05) is 44.7 Å². The third-order valence-electron chi connectivity index (χ3n) is 4.02. The Bertz CT molecular complexity index is 610. The van der Waals surface area contributed by atoms with Crippen LogP contribution < -0.4 is 5.32 Å². The Labute approximate surface area is 149 Å². The van der Waals surface area contributed by atoms with E-state index in [2.05, 4.69) is 24.4 Å². The smallest absolute Gasteiger partial charge is 0.350 e. The lowest BCUT2D eigenvalue weighted by Crippen LogP contribution is -2.42. The Balaban J connectivity index is 1.87. The highest BCUT2D eigenvalue weighted by atomic mass is 16.7. The van der Waals surface area contributed by atoms with Crippen LogP contribution in [0.4, 0.5) is 5.69 Å². The molecule has 0 saturated carbocycles. The summed E-state index contributed by atoms with van der Waals surface area (Å²) in [5.41, 5.74) is 1.94. The molecule has 0 atom stereocenters. The van der Waals surface area contributed by atoms with Crippen LogP contribution in [0.3, 0.4) is 0 Å². The van der Waals surface area contributed by atoms with Crippen molar-refractivity contribution < 1.29 is 19.1 Å². The van der Waals surface area contributed by atoms with Gasteiger partial charge in [0.2, 0.25) is 0 Å². The molecule has 0 bridgehead atoms. The maximum absolute atomic E-state index is 11.9. The zero-order valence-electron chi connectivity index (χ0n) is 15.3. The number of ether oxygens (including phenoxy) is 2. The summed E-state index contributed by atoms with van der Waals surface area (Å²) in [6.07, 6.45) is 8.73. The molecule has 1 fully saturated rings. The lowest BCUT2D eigenvalue weighted by Gasteiger charge is -2.29. The quantitative estimate of drug-likeness (QED) is 0.329. The van der Waals surface area contributed by atoms with Crippen LogP contribution in [0.5, 0.6) is 0 Å². The van der Waals surface area contributed by atoms with Gasteiger partial charge in [0, 0.05) is 25.7 Å². The monoisotopic (exact) mass is 345 g/mol. The summed E-state index contributed by atoms with van der Waals surface area (Å²) < 4.78 is 10.1. The van der Waals surface area contributed by atoms with Gasteiger partial charge >= 0.3 is 11.9 Å². The van der Waals surface area contributed by atoms with Crippen LogP contribution in [0.2, 0.25) is 0 Å². The Morgan fingerprint density at radius 2 is 1.56 bits per heavy atom. The molecule has 0 amide bonds. The average molecular weight is 345 g/mol. The third-order valence-corrected chi connectivity index (χ3v) is 4.02. The molecule has 5 heteroatoms. The number of cyclic esters (lactones) is 2. The van der Waals surface area contributed by atoms with Crippen molar-refractivity contribution in [2.75, 3.05) is 5.32 Å². The molecule has 1 aromatic rings. The van der Waals surface area contributed by atoms with Gasteiger partial charge in [0.15, 0.2) is 5.57 Å². The standard InChI is InChI=1S/C20H27NO4/c1-4-5-6-7-8-9-15-10-12-16(13-11-15)21-14-17-18(22)24-20(2,3)25-19(17)23/h10-14,21H,4-9H2,1-3H3. The SMILES string of the molecule is CCCCCCCc1ccc(NC=C2C(=O)OC(C)(C)OC2=O)cc1. The molecule has 25 heavy (non-hydrogen) atoms. The maximum Gasteiger partial charge on any atom is 0.350 e. The van der Waals surface area contributed by atoms with Gasteiger partial charge in [-0.25, -0.2) is 9.59 Å². The van der Waals surface area contributed by atoms with Crippen LogP contribution in [-0.2, 0) is 25.5 Å². The van der Waals surface area contributed by atoms with Crippen molar-refractivity contribution in [2.45, 2.75) is 65.1 Å². The fraction of sp³-hybridized carbons (Fsp3) is 0.500. The lowest BCUT2D eigenvalue weighted by atomic mass is 10.1. The molecule has 1 aromatic carbocycles. The highest BCUT2D eigenvalue weighted by Gasteiger charge is 2.38. The Morgan fingerprint density at radius 3 is 2.16 bits per heavy atom. The molecule has 0 aliphatic carbocycles. The molecule has 2 rings (SSSR count). The van der Waals surface area contributed by atoms with Crippen molar-refractivity contribution in [3.63, 3.8) is 0 Å². The summed E-state index contributed by atoms with van der Waals surface area (Å²) in [6.45, 7) is 5.26. The first-order chi connectivity index (χ1) is 11.9. The van der Waals surface area contributed by atoms with Gasteiger partial charge in [-0.15, -0.1) is 0 Å². The predicted octanol–water partition coefficient (Wildman–Crippen LogP) is 4.33. The molecule has 1 aliphatic heterocycles. The van der Waals surface area contributed by atoms with Gasteiger partial charge in [0.1, 0.15) is 0 Å². The number of anilines is 1. The van der Waals surface area contributed by atoms with Gasteiger partial charge < -0.3 is 14.8 Å². The van der Waals surface area contributed by atoms with E-state index in [-0.39, 0.29) is 5.57 Å². The van der Waals surface area contributed by atoms with E-state index in [0.29, 0.717) is 0 Å². The first-order valence-electron chi connectivity index (χ1n) is 8.93. The lowest BCUT2D eigenvalue weighted by molar-refractivity contribution is -0.222. The second-order valence-corrected chi connectivity index (χ2v) is 6.74. The van der Waals surface area contributed by atoms with Crippen molar-refractivity contribution in [3.8, 4) is 0 Å². The molecular weight excluding hydrogens is 318 g/mol. The number of benzene rings is 1. The van der Waals surface area contributed by atoms with Crippen molar-refractivity contribution >= 4 is 17.6 Å². The van der Waals surface area contributed by atoms with Crippen LogP contribution in [0, 0.1) is 0 Å². The van der Waals surface area contributed by atoms with Crippen LogP contribution in [0.1, 0.15) is 58.4 Å². The first-order valence-corrected chi connectivity index (χ1v) is 8.93. The number of esters is 2. The van der Waals surface area contributed by atoms with Gasteiger partial charge in [-0.3, -0.25) is 0 Å². The molecule has 1 N–H and O–H groups in total. The number of carbonyl (C=O) groups is 2. The number of unbranched alkanes of at least 4 members (excludes halogenated alkanes) is 4. The third kappa shape index (κ3) is 5.93. The Morgan fingerprint density at radius 1 is 0.960 bits per heavy atom. The second-order valence-electron chi connectivity index (χ2n) is 6.74. The van der Waals surface area contributed by atoms with E-state index < -0.39 is 17.7 Å². The molecule has 1 heterocycles. The summed E-state index contributed by atoms with van der Waals surface area (Å²) in [5.74, 6) is -2.58. The zero-order chi connectivity index (χ0) is 18.3. The minimum Gasteiger partial charge on any atom is -0.419 e. The second kappa shape index (κ2) is 8.70. The summed E-state index contributed by atoms with van der Waals surface area (Å²) in [7, 11) is 0. The fourth-order valence-corrected chi connectivity index (χ4v) is 2.63. The van der Waals surface area contributed by atoms with Gasteiger partial charge in [-0.05, 0) is 30.5 Å². The minimum absolute atomic E-state index is 0.140. The highest BCUT2D eigenvalue weighted by Crippen LogP contribution is 2.22. The van der Waals surface area contributed by atoms with Gasteiger partial charge in [0.25, 0.3) is 5.79 Å². The van der Waals surface area contributed by atoms with E-state index in [0.717, 1.165) is 12.1 Å². The van der Waals surface area contributed by atoms with E-state index in [1.54, 1.807) is 0 Å². The van der Waals surface area contributed by atoms with E-state index in [9.17, 15) is 9.59 Å². The fourth-order valence-electron chi connectivity index (χ4n) is 2.63. The summed E-state index contributed by atoms with van der Waals surface area (Å²) in [4.78, 5) is 23.7. The summed E-state index contributed by atoms with van der Waals surface area (Å²) in [5, 5.41) is 2.95.